The number of aliphatic hydroxyl groups is 1. The van der Waals surface area contributed by atoms with Crippen molar-refractivity contribution < 1.29 is 5.11 Å². The normalized spacial score (nSPS) is 45.4. The molecule has 3 unspecified atom stereocenters. The second-order valence-corrected chi connectivity index (χ2v) is 6.59. The van der Waals surface area contributed by atoms with E-state index in [1.807, 2.05) is 0 Å². The van der Waals surface area contributed by atoms with Crippen LogP contribution in [0.4, 0.5) is 0 Å². The van der Waals surface area contributed by atoms with Gasteiger partial charge in [-0.3, -0.25) is 0 Å². The molecule has 2 aliphatic carbocycles. The van der Waals surface area contributed by atoms with Crippen LogP contribution in [0.25, 0.3) is 0 Å². The summed E-state index contributed by atoms with van der Waals surface area (Å²) < 4.78 is 0. The van der Waals surface area contributed by atoms with Crippen molar-refractivity contribution in [2.45, 2.75) is 56.6 Å². The Morgan fingerprint density at radius 1 is 1.29 bits per heavy atom. The lowest BCUT2D eigenvalue weighted by Crippen LogP contribution is -2.66. The zero-order valence-electron chi connectivity index (χ0n) is 11.0. The molecule has 1 saturated heterocycles. The van der Waals surface area contributed by atoms with E-state index in [0.29, 0.717) is 5.92 Å². The predicted molar refractivity (Wildman–Crippen MR) is 68.7 cm³/mol. The Hall–Kier alpha value is -0.120. The maximum atomic E-state index is 11.0. The highest BCUT2D eigenvalue weighted by atomic mass is 16.3. The molecule has 0 aromatic rings. The fourth-order valence-corrected chi connectivity index (χ4v) is 4.65. The van der Waals surface area contributed by atoms with Crippen molar-refractivity contribution in [3.05, 3.63) is 0 Å². The number of nitrogens with zero attached hydrogens (tertiary/aromatic N) is 1. The van der Waals surface area contributed by atoms with E-state index in [2.05, 4.69) is 11.8 Å². The van der Waals surface area contributed by atoms with Crippen molar-refractivity contribution in [1.29, 1.82) is 0 Å². The van der Waals surface area contributed by atoms with Gasteiger partial charge in [0.25, 0.3) is 0 Å². The molecule has 2 saturated carbocycles. The molecule has 0 aromatic heterocycles. The molecule has 3 rings (SSSR count). The Kier molecular flexibility index (Phi) is 2.77. The van der Waals surface area contributed by atoms with Crippen LogP contribution in [0.2, 0.25) is 0 Å². The van der Waals surface area contributed by atoms with Crippen LogP contribution in [0.1, 0.15) is 45.4 Å². The van der Waals surface area contributed by atoms with E-state index in [1.165, 1.54) is 19.3 Å². The third kappa shape index (κ3) is 1.66. The zero-order chi connectivity index (χ0) is 12.1. The van der Waals surface area contributed by atoms with Crippen molar-refractivity contribution in [2.24, 2.45) is 17.6 Å². The molecule has 17 heavy (non-hydrogen) atoms. The molecule has 3 fully saturated rings. The van der Waals surface area contributed by atoms with E-state index in [9.17, 15) is 5.11 Å². The van der Waals surface area contributed by atoms with Crippen molar-refractivity contribution >= 4 is 0 Å². The second-order valence-electron chi connectivity index (χ2n) is 6.59. The number of nitrogens with two attached hydrogens (primary N) is 1. The topological polar surface area (TPSA) is 49.5 Å². The first-order valence-electron chi connectivity index (χ1n) is 7.31. The van der Waals surface area contributed by atoms with Gasteiger partial charge in [0.2, 0.25) is 0 Å². The first-order valence-corrected chi connectivity index (χ1v) is 7.31. The Bertz CT molecular complexity index is 299. The Morgan fingerprint density at radius 3 is 2.47 bits per heavy atom. The third-order valence-electron chi connectivity index (χ3n) is 5.89. The van der Waals surface area contributed by atoms with Gasteiger partial charge in [-0.15, -0.1) is 0 Å². The van der Waals surface area contributed by atoms with Gasteiger partial charge in [0.1, 0.15) is 0 Å². The van der Waals surface area contributed by atoms with Crippen LogP contribution < -0.4 is 5.73 Å². The van der Waals surface area contributed by atoms with Crippen molar-refractivity contribution in [3.8, 4) is 0 Å². The minimum Gasteiger partial charge on any atom is -0.388 e. The molecule has 3 N–H and O–H groups in total. The molecule has 98 valence electrons. The van der Waals surface area contributed by atoms with Crippen LogP contribution >= 0.6 is 0 Å². The minimum absolute atomic E-state index is 0.268. The number of likely N-dealkylation sites (tertiary alicyclic amines) is 1. The molecule has 0 aromatic carbocycles. The van der Waals surface area contributed by atoms with Crippen molar-refractivity contribution in [2.75, 3.05) is 19.6 Å². The highest BCUT2D eigenvalue weighted by Gasteiger charge is 2.59. The number of piperidine rings is 1. The van der Waals surface area contributed by atoms with E-state index >= 15 is 0 Å². The molecule has 0 spiro atoms. The largest absolute Gasteiger partial charge is 0.388 e. The monoisotopic (exact) mass is 238 g/mol. The molecule has 0 amide bonds. The van der Waals surface area contributed by atoms with Gasteiger partial charge in [-0.25, -0.2) is 0 Å². The average Bonchev–Trinajstić information content (AvgIpc) is 2.90. The Balaban J connectivity index is 1.75. The third-order valence-corrected chi connectivity index (χ3v) is 5.89. The number of rotatable bonds is 2. The Labute approximate surface area is 104 Å². The van der Waals surface area contributed by atoms with E-state index in [1.54, 1.807) is 0 Å². The number of hydrogen-bond acceptors (Lipinski definition) is 3. The van der Waals surface area contributed by atoms with Crippen LogP contribution in [0, 0.1) is 11.8 Å². The molecule has 1 heterocycles. The van der Waals surface area contributed by atoms with Crippen LogP contribution in [0.15, 0.2) is 0 Å². The molecular weight excluding hydrogens is 212 g/mol. The van der Waals surface area contributed by atoms with Gasteiger partial charge in [0.05, 0.1) is 5.60 Å². The van der Waals surface area contributed by atoms with Gasteiger partial charge in [-0.1, -0.05) is 13.3 Å². The first kappa shape index (κ1) is 11.9. The molecule has 1 aliphatic heterocycles. The van der Waals surface area contributed by atoms with Gasteiger partial charge in [-0.05, 0) is 50.5 Å². The first-order chi connectivity index (χ1) is 8.07. The van der Waals surface area contributed by atoms with E-state index < -0.39 is 5.60 Å². The maximum absolute atomic E-state index is 11.0. The molecule has 3 nitrogen and oxygen atoms in total. The molecule has 3 aliphatic rings. The zero-order valence-corrected chi connectivity index (χ0v) is 11.0. The van der Waals surface area contributed by atoms with Crippen LogP contribution in [0.5, 0.6) is 0 Å². The number of hydrogen-bond donors (Lipinski definition) is 2. The van der Waals surface area contributed by atoms with Crippen molar-refractivity contribution in [3.63, 3.8) is 0 Å². The molecule has 2 bridgehead atoms. The summed E-state index contributed by atoms with van der Waals surface area (Å²) >= 11 is 0. The predicted octanol–water partition coefficient (Wildman–Crippen LogP) is 1.35. The maximum Gasteiger partial charge on any atom is 0.0853 e. The summed E-state index contributed by atoms with van der Waals surface area (Å²) in [6.45, 7) is 5.33. The molecule has 3 atom stereocenters. The van der Waals surface area contributed by atoms with Crippen LogP contribution in [0.3, 0.4) is 0 Å². The lowest BCUT2D eigenvalue weighted by Gasteiger charge is -2.51. The van der Waals surface area contributed by atoms with Gasteiger partial charge in [0, 0.05) is 18.6 Å². The van der Waals surface area contributed by atoms with Gasteiger partial charge < -0.3 is 15.7 Å². The average molecular weight is 238 g/mol. The summed E-state index contributed by atoms with van der Waals surface area (Å²) in [7, 11) is 0. The van der Waals surface area contributed by atoms with E-state index in [4.69, 9.17) is 5.73 Å². The Morgan fingerprint density at radius 2 is 2.00 bits per heavy atom. The molecule has 0 radical (unpaired) electrons. The van der Waals surface area contributed by atoms with Crippen molar-refractivity contribution in [1.82, 2.24) is 4.90 Å². The standard InChI is InChI=1S/C14H26N2O/c1-2-16-7-5-13(17,6-8-16)14(15)10-11-3-4-12(14)9-11/h11-12,17H,2-10,15H2,1H3. The quantitative estimate of drug-likeness (QED) is 0.763. The summed E-state index contributed by atoms with van der Waals surface area (Å²) in [6, 6.07) is 0. The van der Waals surface area contributed by atoms with Gasteiger partial charge in [-0.2, -0.15) is 0 Å². The molecular formula is C14H26N2O. The fraction of sp³-hybridized carbons (Fsp3) is 1.00. The lowest BCUT2D eigenvalue weighted by atomic mass is 9.66. The van der Waals surface area contributed by atoms with E-state index in [-0.39, 0.29) is 5.54 Å². The lowest BCUT2D eigenvalue weighted by molar-refractivity contribution is -0.0979. The minimum atomic E-state index is -0.585. The summed E-state index contributed by atoms with van der Waals surface area (Å²) in [6.07, 6.45) is 6.69. The summed E-state index contributed by atoms with van der Waals surface area (Å²) in [4.78, 5) is 2.42. The van der Waals surface area contributed by atoms with Crippen LogP contribution in [-0.4, -0.2) is 40.8 Å². The smallest absolute Gasteiger partial charge is 0.0853 e. The number of fused-ring (bicyclic) bond motifs is 2. The van der Waals surface area contributed by atoms with E-state index in [0.717, 1.165) is 44.8 Å². The molecule has 3 heteroatoms. The highest BCUT2D eigenvalue weighted by Crippen LogP contribution is 2.55. The highest BCUT2D eigenvalue weighted by molar-refractivity contribution is 5.15. The summed E-state index contributed by atoms with van der Waals surface area (Å²) in [5.41, 5.74) is 5.82. The summed E-state index contributed by atoms with van der Waals surface area (Å²) in [5.74, 6) is 1.39. The second kappa shape index (κ2) is 3.94. The van der Waals surface area contributed by atoms with Gasteiger partial charge in [0.15, 0.2) is 0 Å². The van der Waals surface area contributed by atoms with Crippen LogP contribution in [-0.2, 0) is 0 Å². The SMILES string of the molecule is CCN1CCC(O)(C2(N)CC3CCC2C3)CC1. The fourth-order valence-electron chi connectivity index (χ4n) is 4.65. The summed E-state index contributed by atoms with van der Waals surface area (Å²) in [5, 5.41) is 11.0. The van der Waals surface area contributed by atoms with Gasteiger partial charge >= 0.3 is 0 Å².